The van der Waals surface area contributed by atoms with Gasteiger partial charge in [0.1, 0.15) is 17.3 Å². The maximum Gasteiger partial charge on any atom is 0.255 e. The van der Waals surface area contributed by atoms with E-state index in [0.29, 0.717) is 28.6 Å². The number of hydrogen-bond donors (Lipinski definition) is 2. The van der Waals surface area contributed by atoms with Gasteiger partial charge in [-0.1, -0.05) is 24.3 Å². The highest BCUT2D eigenvalue weighted by Gasteiger charge is 2.16. The number of rotatable bonds is 5. The van der Waals surface area contributed by atoms with Crippen molar-refractivity contribution >= 4 is 22.6 Å². The number of carbonyl (C=O) groups excluding carboxylic acids is 1. The molecule has 2 N–H and O–H groups in total. The zero-order valence-electron chi connectivity index (χ0n) is 16.4. The van der Waals surface area contributed by atoms with Crippen LogP contribution in [0.4, 0.5) is 5.69 Å². The average molecular weight is 387 g/mol. The van der Waals surface area contributed by atoms with Crippen LogP contribution in [-0.4, -0.2) is 30.1 Å². The maximum absolute atomic E-state index is 13.0. The van der Waals surface area contributed by atoms with Crippen LogP contribution in [0.3, 0.4) is 0 Å². The first-order valence-electron chi connectivity index (χ1n) is 9.19. The van der Waals surface area contributed by atoms with Crippen molar-refractivity contribution in [3.8, 4) is 22.9 Å². The molecule has 1 heterocycles. The van der Waals surface area contributed by atoms with Gasteiger partial charge in [-0.2, -0.15) is 0 Å². The molecule has 0 saturated carbocycles. The van der Waals surface area contributed by atoms with Crippen LogP contribution in [-0.2, 0) is 0 Å². The van der Waals surface area contributed by atoms with Crippen molar-refractivity contribution in [3.63, 3.8) is 0 Å². The third kappa shape index (κ3) is 3.52. The smallest absolute Gasteiger partial charge is 0.255 e. The summed E-state index contributed by atoms with van der Waals surface area (Å²) in [4.78, 5) is 20.9. The Balaban J connectivity index is 1.70. The number of anilines is 1. The SMILES string of the molecule is COc1cc(C(=O)Nc2ccccc2-c2nc3ccccc3[nH]2)cc(OC)c1C. The van der Waals surface area contributed by atoms with Gasteiger partial charge in [-0.15, -0.1) is 0 Å². The van der Waals surface area contributed by atoms with Crippen LogP contribution in [0.5, 0.6) is 11.5 Å². The lowest BCUT2D eigenvalue weighted by molar-refractivity contribution is 0.102. The molecule has 0 aliphatic heterocycles. The zero-order chi connectivity index (χ0) is 20.4. The summed E-state index contributed by atoms with van der Waals surface area (Å²) < 4.78 is 10.8. The Labute approximate surface area is 168 Å². The summed E-state index contributed by atoms with van der Waals surface area (Å²) in [5, 5.41) is 2.98. The number of nitrogens with one attached hydrogen (secondary N) is 2. The lowest BCUT2D eigenvalue weighted by atomic mass is 10.1. The Hall–Kier alpha value is -3.80. The molecule has 6 nitrogen and oxygen atoms in total. The molecule has 0 atom stereocenters. The van der Waals surface area contributed by atoms with Crippen molar-refractivity contribution in [2.24, 2.45) is 0 Å². The lowest BCUT2D eigenvalue weighted by Gasteiger charge is -2.14. The highest BCUT2D eigenvalue weighted by atomic mass is 16.5. The highest BCUT2D eigenvalue weighted by molar-refractivity contribution is 6.06. The molecule has 0 spiro atoms. The predicted molar refractivity (Wildman–Crippen MR) is 114 cm³/mol. The van der Waals surface area contributed by atoms with Gasteiger partial charge in [0.15, 0.2) is 0 Å². The van der Waals surface area contributed by atoms with Gasteiger partial charge >= 0.3 is 0 Å². The second-order valence-corrected chi connectivity index (χ2v) is 6.61. The summed E-state index contributed by atoms with van der Waals surface area (Å²) in [6.07, 6.45) is 0. The lowest BCUT2D eigenvalue weighted by Crippen LogP contribution is -2.13. The summed E-state index contributed by atoms with van der Waals surface area (Å²) in [5.41, 5.74) is 4.57. The Morgan fingerprint density at radius 2 is 1.62 bits per heavy atom. The number of aromatic nitrogens is 2. The van der Waals surface area contributed by atoms with Gasteiger partial charge < -0.3 is 19.8 Å². The first-order valence-corrected chi connectivity index (χ1v) is 9.19. The molecule has 146 valence electrons. The Bertz CT molecular complexity index is 1140. The number of aromatic amines is 1. The number of benzene rings is 3. The molecule has 1 amide bonds. The van der Waals surface area contributed by atoms with Gasteiger partial charge in [-0.25, -0.2) is 4.98 Å². The van der Waals surface area contributed by atoms with E-state index in [9.17, 15) is 4.79 Å². The number of fused-ring (bicyclic) bond motifs is 1. The number of para-hydroxylation sites is 3. The Kier molecular flexibility index (Phi) is 4.91. The number of ether oxygens (including phenoxy) is 2. The van der Waals surface area contributed by atoms with Crippen LogP contribution in [0.1, 0.15) is 15.9 Å². The number of hydrogen-bond acceptors (Lipinski definition) is 4. The summed E-state index contributed by atoms with van der Waals surface area (Å²) in [6.45, 7) is 1.89. The molecule has 4 rings (SSSR count). The van der Waals surface area contributed by atoms with Gasteiger partial charge in [0, 0.05) is 16.7 Å². The van der Waals surface area contributed by atoms with Gasteiger partial charge in [-0.05, 0) is 43.3 Å². The predicted octanol–water partition coefficient (Wildman–Crippen LogP) is 4.81. The van der Waals surface area contributed by atoms with Gasteiger partial charge in [0.2, 0.25) is 0 Å². The zero-order valence-corrected chi connectivity index (χ0v) is 16.4. The normalized spacial score (nSPS) is 10.7. The fourth-order valence-electron chi connectivity index (χ4n) is 3.29. The van der Waals surface area contributed by atoms with Crippen LogP contribution < -0.4 is 14.8 Å². The minimum absolute atomic E-state index is 0.259. The molecular weight excluding hydrogens is 366 g/mol. The van der Waals surface area contributed by atoms with Crippen LogP contribution in [0.25, 0.3) is 22.4 Å². The monoisotopic (exact) mass is 387 g/mol. The first kappa shape index (κ1) is 18.6. The topological polar surface area (TPSA) is 76.2 Å². The van der Waals surface area contributed by atoms with Crippen LogP contribution in [0.2, 0.25) is 0 Å². The number of carbonyl (C=O) groups is 1. The molecule has 29 heavy (non-hydrogen) atoms. The van der Waals surface area contributed by atoms with E-state index in [1.807, 2.05) is 55.5 Å². The summed E-state index contributed by atoms with van der Waals surface area (Å²) in [5.74, 6) is 1.63. The molecular formula is C23H21N3O3. The van der Waals surface area contributed by atoms with Gasteiger partial charge in [-0.3, -0.25) is 4.79 Å². The van der Waals surface area contributed by atoms with Crippen molar-refractivity contribution in [2.75, 3.05) is 19.5 Å². The fourth-order valence-corrected chi connectivity index (χ4v) is 3.29. The molecule has 0 aliphatic rings. The Morgan fingerprint density at radius 1 is 0.966 bits per heavy atom. The second-order valence-electron chi connectivity index (χ2n) is 6.61. The van der Waals surface area contributed by atoms with Gasteiger partial charge in [0.05, 0.1) is 30.9 Å². The molecule has 3 aromatic carbocycles. The molecule has 4 aromatic rings. The van der Waals surface area contributed by atoms with Crippen LogP contribution >= 0.6 is 0 Å². The summed E-state index contributed by atoms with van der Waals surface area (Å²) >= 11 is 0. The molecule has 0 bridgehead atoms. The number of amides is 1. The van der Waals surface area contributed by atoms with E-state index in [4.69, 9.17) is 9.47 Å². The largest absolute Gasteiger partial charge is 0.496 e. The minimum atomic E-state index is -0.259. The van der Waals surface area contributed by atoms with Crippen molar-refractivity contribution in [3.05, 3.63) is 71.8 Å². The molecule has 6 heteroatoms. The third-order valence-corrected chi connectivity index (χ3v) is 4.83. The molecule has 1 aromatic heterocycles. The van der Waals surface area contributed by atoms with Crippen LogP contribution in [0, 0.1) is 6.92 Å². The average Bonchev–Trinajstić information content (AvgIpc) is 3.18. The van der Waals surface area contributed by atoms with Crippen molar-refractivity contribution in [2.45, 2.75) is 6.92 Å². The number of imidazole rings is 1. The molecule has 0 saturated heterocycles. The second kappa shape index (κ2) is 7.67. The van der Waals surface area contributed by atoms with Crippen LogP contribution in [0.15, 0.2) is 60.7 Å². The van der Waals surface area contributed by atoms with E-state index >= 15 is 0 Å². The van der Waals surface area contributed by atoms with E-state index in [-0.39, 0.29) is 5.91 Å². The van der Waals surface area contributed by atoms with E-state index in [1.54, 1.807) is 26.4 Å². The number of methoxy groups -OCH3 is 2. The maximum atomic E-state index is 13.0. The first-order chi connectivity index (χ1) is 14.1. The third-order valence-electron chi connectivity index (χ3n) is 4.83. The Morgan fingerprint density at radius 3 is 2.31 bits per heavy atom. The number of nitrogens with zero attached hydrogens (tertiary/aromatic N) is 1. The van der Waals surface area contributed by atoms with Crippen molar-refractivity contribution in [1.29, 1.82) is 0 Å². The molecule has 0 aliphatic carbocycles. The molecule has 0 fully saturated rings. The fraction of sp³-hybridized carbons (Fsp3) is 0.130. The highest BCUT2D eigenvalue weighted by Crippen LogP contribution is 2.31. The minimum Gasteiger partial charge on any atom is -0.496 e. The van der Waals surface area contributed by atoms with E-state index in [2.05, 4.69) is 15.3 Å². The number of H-pyrrole nitrogens is 1. The summed E-state index contributed by atoms with van der Waals surface area (Å²) in [6, 6.07) is 18.8. The molecule has 0 radical (unpaired) electrons. The standard InChI is InChI=1S/C23H21N3O3/c1-14-20(28-2)12-15(13-21(14)29-3)23(27)26-17-9-5-4-8-16(17)22-24-18-10-6-7-11-19(18)25-22/h4-13H,1-3H3,(H,24,25)(H,26,27). The van der Waals surface area contributed by atoms with E-state index in [1.165, 1.54) is 0 Å². The van der Waals surface area contributed by atoms with E-state index in [0.717, 1.165) is 22.2 Å². The summed E-state index contributed by atoms with van der Waals surface area (Å²) in [7, 11) is 3.14. The van der Waals surface area contributed by atoms with Crippen molar-refractivity contribution < 1.29 is 14.3 Å². The van der Waals surface area contributed by atoms with E-state index < -0.39 is 0 Å². The quantitative estimate of drug-likeness (QED) is 0.515. The van der Waals surface area contributed by atoms with Crippen molar-refractivity contribution in [1.82, 2.24) is 9.97 Å². The van der Waals surface area contributed by atoms with Gasteiger partial charge in [0.25, 0.3) is 5.91 Å². The molecule has 0 unspecified atom stereocenters.